The van der Waals surface area contributed by atoms with E-state index >= 15 is 0 Å². The van der Waals surface area contributed by atoms with Crippen LogP contribution in [0.5, 0.6) is 0 Å². The highest BCUT2D eigenvalue weighted by Crippen LogP contribution is 2.25. The van der Waals surface area contributed by atoms with E-state index in [-0.39, 0.29) is 23.1 Å². The van der Waals surface area contributed by atoms with Gasteiger partial charge < -0.3 is 5.11 Å². The molecule has 0 bridgehead atoms. The summed E-state index contributed by atoms with van der Waals surface area (Å²) in [5, 5.41) is 20.0. The lowest BCUT2D eigenvalue weighted by Gasteiger charge is -2.34. The van der Waals surface area contributed by atoms with Gasteiger partial charge in [0.15, 0.2) is 0 Å². The second kappa shape index (κ2) is 6.47. The van der Waals surface area contributed by atoms with Crippen molar-refractivity contribution < 1.29 is 14.8 Å². The molecule has 1 fully saturated rings. The molecule has 0 saturated carbocycles. The van der Waals surface area contributed by atoms with E-state index in [0.29, 0.717) is 12.1 Å². The van der Waals surface area contributed by atoms with Gasteiger partial charge in [-0.15, -0.1) is 0 Å². The maximum absolute atomic E-state index is 11.0. The number of nitrogens with zero attached hydrogens (tertiary/aromatic N) is 2. The van der Waals surface area contributed by atoms with Gasteiger partial charge in [0.25, 0.3) is 5.69 Å². The maximum Gasteiger partial charge on any atom is 0.304 e. The van der Waals surface area contributed by atoms with Gasteiger partial charge in [0.05, 0.1) is 11.3 Å². The van der Waals surface area contributed by atoms with Crippen LogP contribution in [0.15, 0.2) is 24.3 Å². The van der Waals surface area contributed by atoms with Crippen molar-refractivity contribution in [3.63, 3.8) is 0 Å². The average molecular weight is 278 g/mol. The van der Waals surface area contributed by atoms with Crippen molar-refractivity contribution in [2.24, 2.45) is 0 Å². The first-order valence-corrected chi connectivity index (χ1v) is 6.76. The highest BCUT2D eigenvalue weighted by atomic mass is 16.6. The number of likely N-dealkylation sites (tertiary alicyclic amines) is 1. The van der Waals surface area contributed by atoms with E-state index in [9.17, 15) is 14.9 Å². The zero-order valence-corrected chi connectivity index (χ0v) is 11.2. The number of para-hydroxylation sites is 1. The van der Waals surface area contributed by atoms with E-state index in [1.165, 1.54) is 6.07 Å². The summed E-state index contributed by atoms with van der Waals surface area (Å²) in [5.41, 5.74) is 0.752. The molecule has 6 heteroatoms. The number of carbonyl (C=O) groups is 1. The summed E-state index contributed by atoms with van der Waals surface area (Å²) in [6.07, 6.45) is 2.97. The molecule has 2 rings (SSSR count). The van der Waals surface area contributed by atoms with Crippen molar-refractivity contribution in [3.05, 3.63) is 39.9 Å². The predicted molar refractivity (Wildman–Crippen MR) is 73.4 cm³/mol. The Morgan fingerprint density at radius 3 is 2.85 bits per heavy atom. The van der Waals surface area contributed by atoms with Crippen LogP contribution in [-0.4, -0.2) is 33.5 Å². The number of carboxylic acids is 1. The van der Waals surface area contributed by atoms with Gasteiger partial charge in [-0.3, -0.25) is 19.8 Å². The van der Waals surface area contributed by atoms with Crippen LogP contribution in [0.3, 0.4) is 0 Å². The number of carboxylic acid groups (broad SMARTS) is 1. The fourth-order valence-electron chi connectivity index (χ4n) is 2.74. The van der Waals surface area contributed by atoms with Gasteiger partial charge in [-0.1, -0.05) is 24.6 Å². The van der Waals surface area contributed by atoms with Gasteiger partial charge in [-0.05, 0) is 19.4 Å². The fourth-order valence-corrected chi connectivity index (χ4v) is 2.74. The molecule has 1 aliphatic heterocycles. The molecule has 1 saturated heterocycles. The molecular weight excluding hydrogens is 260 g/mol. The summed E-state index contributed by atoms with van der Waals surface area (Å²) in [5.74, 6) is -0.815. The molecule has 0 radical (unpaired) electrons. The van der Waals surface area contributed by atoms with Crippen molar-refractivity contribution in [2.75, 3.05) is 6.54 Å². The van der Waals surface area contributed by atoms with E-state index in [1.54, 1.807) is 18.2 Å². The summed E-state index contributed by atoms with van der Waals surface area (Å²) in [6.45, 7) is 1.24. The molecule has 20 heavy (non-hydrogen) atoms. The van der Waals surface area contributed by atoms with Gasteiger partial charge in [0, 0.05) is 24.2 Å². The minimum absolute atomic E-state index is 0.0268. The van der Waals surface area contributed by atoms with Crippen molar-refractivity contribution in [3.8, 4) is 0 Å². The summed E-state index contributed by atoms with van der Waals surface area (Å²) >= 11 is 0. The quantitative estimate of drug-likeness (QED) is 0.660. The van der Waals surface area contributed by atoms with E-state index in [4.69, 9.17) is 5.11 Å². The van der Waals surface area contributed by atoms with E-state index in [2.05, 4.69) is 4.90 Å². The standard InChI is InChI=1S/C14H18N2O4/c17-14(18)9-12-6-3-4-8-15(12)10-11-5-1-2-7-13(11)16(19)20/h1-2,5,7,12H,3-4,6,8-10H2,(H,17,18). The van der Waals surface area contributed by atoms with Crippen LogP contribution in [-0.2, 0) is 11.3 Å². The topological polar surface area (TPSA) is 83.7 Å². The molecule has 6 nitrogen and oxygen atoms in total. The Hall–Kier alpha value is -1.95. The normalized spacial score (nSPS) is 19.7. The summed E-state index contributed by atoms with van der Waals surface area (Å²) in [7, 11) is 0. The molecule has 0 aliphatic carbocycles. The Kier molecular flexibility index (Phi) is 4.68. The number of rotatable bonds is 5. The van der Waals surface area contributed by atoms with Gasteiger partial charge in [0.1, 0.15) is 0 Å². The van der Waals surface area contributed by atoms with Crippen LogP contribution in [0.2, 0.25) is 0 Å². The van der Waals surface area contributed by atoms with Crippen molar-refractivity contribution >= 4 is 11.7 Å². The first-order valence-electron chi connectivity index (χ1n) is 6.76. The van der Waals surface area contributed by atoms with Gasteiger partial charge in [-0.2, -0.15) is 0 Å². The third-order valence-corrected chi connectivity index (χ3v) is 3.72. The zero-order valence-electron chi connectivity index (χ0n) is 11.2. The smallest absolute Gasteiger partial charge is 0.304 e. The van der Waals surface area contributed by atoms with Crippen LogP contribution < -0.4 is 0 Å². The summed E-state index contributed by atoms with van der Waals surface area (Å²) in [4.78, 5) is 23.6. The number of aliphatic carboxylic acids is 1. The molecule has 1 aromatic carbocycles. The number of piperidine rings is 1. The monoisotopic (exact) mass is 278 g/mol. The molecule has 1 aliphatic rings. The van der Waals surface area contributed by atoms with Gasteiger partial charge in [-0.25, -0.2) is 0 Å². The van der Waals surface area contributed by atoms with Crippen LogP contribution >= 0.6 is 0 Å². The minimum atomic E-state index is -0.815. The molecule has 1 atom stereocenters. The van der Waals surface area contributed by atoms with Crippen LogP contribution in [0, 0.1) is 10.1 Å². The molecule has 1 heterocycles. The van der Waals surface area contributed by atoms with Crippen molar-refractivity contribution in [2.45, 2.75) is 38.3 Å². The number of nitro groups is 1. The lowest BCUT2D eigenvalue weighted by molar-refractivity contribution is -0.385. The fraction of sp³-hybridized carbons (Fsp3) is 0.500. The summed E-state index contributed by atoms with van der Waals surface area (Å²) in [6, 6.07) is 6.63. The molecule has 1 N–H and O–H groups in total. The molecule has 1 unspecified atom stereocenters. The number of benzene rings is 1. The van der Waals surface area contributed by atoms with E-state index in [0.717, 1.165) is 25.8 Å². The Labute approximate surface area is 117 Å². The minimum Gasteiger partial charge on any atom is -0.481 e. The van der Waals surface area contributed by atoms with Crippen LogP contribution in [0.4, 0.5) is 5.69 Å². The van der Waals surface area contributed by atoms with Crippen LogP contribution in [0.1, 0.15) is 31.2 Å². The Bertz CT molecular complexity index is 504. The lowest BCUT2D eigenvalue weighted by atomic mass is 9.98. The Balaban J connectivity index is 2.14. The molecular formula is C14H18N2O4. The second-order valence-electron chi connectivity index (χ2n) is 5.10. The SMILES string of the molecule is O=C(O)CC1CCCCN1Cc1ccccc1[N+](=O)[O-]. The zero-order chi connectivity index (χ0) is 14.5. The lowest BCUT2D eigenvalue weighted by Crippen LogP contribution is -2.40. The molecule has 1 aromatic rings. The third kappa shape index (κ3) is 3.54. The number of hydrogen-bond donors (Lipinski definition) is 1. The third-order valence-electron chi connectivity index (χ3n) is 3.72. The highest BCUT2D eigenvalue weighted by molar-refractivity contribution is 5.67. The predicted octanol–water partition coefficient (Wildman–Crippen LogP) is 2.42. The number of hydrogen-bond acceptors (Lipinski definition) is 4. The van der Waals surface area contributed by atoms with Crippen molar-refractivity contribution in [1.82, 2.24) is 4.90 Å². The Morgan fingerprint density at radius 1 is 1.40 bits per heavy atom. The molecule has 0 aromatic heterocycles. The van der Waals surface area contributed by atoms with E-state index in [1.807, 2.05) is 0 Å². The number of nitro benzene ring substituents is 1. The molecule has 108 valence electrons. The second-order valence-corrected chi connectivity index (χ2v) is 5.10. The maximum atomic E-state index is 11.0. The summed E-state index contributed by atoms with van der Waals surface area (Å²) < 4.78 is 0. The van der Waals surface area contributed by atoms with Gasteiger partial charge in [0.2, 0.25) is 0 Å². The molecule has 0 amide bonds. The van der Waals surface area contributed by atoms with Crippen LogP contribution in [0.25, 0.3) is 0 Å². The van der Waals surface area contributed by atoms with E-state index < -0.39 is 5.97 Å². The largest absolute Gasteiger partial charge is 0.481 e. The first kappa shape index (κ1) is 14.5. The highest BCUT2D eigenvalue weighted by Gasteiger charge is 2.26. The van der Waals surface area contributed by atoms with Crippen molar-refractivity contribution in [1.29, 1.82) is 0 Å². The van der Waals surface area contributed by atoms with Gasteiger partial charge >= 0.3 is 5.97 Å². The Morgan fingerprint density at radius 2 is 2.15 bits per heavy atom. The average Bonchev–Trinajstić information content (AvgIpc) is 2.41. The molecule has 0 spiro atoms. The first-order chi connectivity index (χ1) is 9.58.